The Morgan fingerprint density at radius 3 is 2.19 bits per heavy atom. The maximum atomic E-state index is 13.4. The molecule has 1 N–H and O–H groups in total. The number of imide groups is 1. The molecule has 0 radical (unpaired) electrons. The van der Waals surface area contributed by atoms with Gasteiger partial charge in [0.25, 0.3) is 11.8 Å². The first kappa shape index (κ1) is 39.6. The van der Waals surface area contributed by atoms with E-state index in [-0.39, 0.29) is 5.91 Å². The summed E-state index contributed by atoms with van der Waals surface area (Å²) in [5.74, 6) is 0.362. The first-order valence-corrected chi connectivity index (χ1v) is 20.6. The molecule has 4 aliphatic rings. The molecule has 59 heavy (non-hydrogen) atoms. The van der Waals surface area contributed by atoms with Gasteiger partial charge in [-0.25, -0.2) is 0 Å². The lowest BCUT2D eigenvalue weighted by molar-refractivity contribution is -0.125. The van der Waals surface area contributed by atoms with Crippen LogP contribution in [0.4, 0.5) is 5.69 Å². The Balaban J connectivity index is 0.760. The summed E-state index contributed by atoms with van der Waals surface area (Å²) in [5.41, 5.74) is 8.48. The Kier molecular flexibility index (Phi) is 11.4. The molecule has 4 aliphatic heterocycles. The van der Waals surface area contributed by atoms with Gasteiger partial charge in [0.2, 0.25) is 5.91 Å². The highest BCUT2D eigenvalue weighted by Gasteiger charge is 2.44. The third kappa shape index (κ3) is 8.11. The zero-order valence-corrected chi connectivity index (χ0v) is 33.9. The average Bonchev–Trinajstić information content (AvgIpc) is 3.64. The van der Waals surface area contributed by atoms with Crippen LogP contribution in [0.5, 0.6) is 5.75 Å². The van der Waals surface area contributed by atoms with Gasteiger partial charge in [0.05, 0.1) is 28.3 Å². The Morgan fingerprint density at radius 1 is 0.797 bits per heavy atom. The third-order valence-electron chi connectivity index (χ3n) is 12.6. The number of allylic oxidation sites excluding steroid dienone is 1. The van der Waals surface area contributed by atoms with Crippen molar-refractivity contribution in [1.82, 2.24) is 24.6 Å². The molecule has 3 amide bonds. The Labute approximate surface area is 345 Å². The molecule has 302 valence electrons. The number of hydrogen-bond donors (Lipinski definition) is 1. The van der Waals surface area contributed by atoms with Crippen molar-refractivity contribution in [2.75, 3.05) is 63.9 Å². The van der Waals surface area contributed by atoms with Crippen LogP contribution in [0.3, 0.4) is 0 Å². The van der Waals surface area contributed by atoms with Crippen molar-refractivity contribution in [2.45, 2.75) is 52.1 Å². The fourth-order valence-electron chi connectivity index (χ4n) is 9.17. The molecule has 3 fully saturated rings. The zero-order valence-electron chi connectivity index (χ0n) is 33.9. The number of nitrogens with zero attached hydrogens (tertiary/aromatic N) is 7. The van der Waals surface area contributed by atoms with Crippen LogP contribution in [-0.2, 0) is 11.3 Å². The number of nitriles is 2. The molecule has 0 aliphatic carbocycles. The van der Waals surface area contributed by atoms with Crippen LogP contribution in [0, 0.1) is 42.4 Å². The van der Waals surface area contributed by atoms with Crippen molar-refractivity contribution < 1.29 is 19.1 Å². The first-order valence-electron chi connectivity index (χ1n) is 20.6. The van der Waals surface area contributed by atoms with E-state index >= 15 is 0 Å². The van der Waals surface area contributed by atoms with Crippen LogP contribution in [0.1, 0.15) is 74.5 Å². The molecular weight excluding hydrogens is 741 g/mol. The molecule has 1 aromatic heterocycles. The van der Waals surface area contributed by atoms with Crippen molar-refractivity contribution in [3.63, 3.8) is 0 Å². The molecule has 3 saturated heterocycles. The van der Waals surface area contributed by atoms with Crippen LogP contribution in [-0.4, -0.2) is 102 Å². The summed E-state index contributed by atoms with van der Waals surface area (Å²) in [5, 5.41) is 21.9. The zero-order chi connectivity index (χ0) is 41.2. The number of piperazine rings is 1. The van der Waals surface area contributed by atoms with Gasteiger partial charge in [0, 0.05) is 74.1 Å². The number of nitrogens with one attached hydrogen (secondary N) is 1. The number of amides is 3. The Hall–Kier alpha value is -6.21. The van der Waals surface area contributed by atoms with Crippen LogP contribution in [0.15, 0.2) is 79.0 Å². The highest BCUT2D eigenvalue weighted by atomic mass is 16.5. The number of benzene rings is 3. The molecule has 1 atom stereocenters. The van der Waals surface area contributed by atoms with Gasteiger partial charge in [-0.15, -0.1) is 0 Å². The van der Waals surface area contributed by atoms with E-state index < -0.39 is 17.9 Å². The molecule has 12 nitrogen and oxygen atoms in total. The van der Waals surface area contributed by atoms with Crippen molar-refractivity contribution in [2.24, 2.45) is 5.92 Å². The van der Waals surface area contributed by atoms with E-state index in [2.05, 4.69) is 55.4 Å². The average molecular weight is 791 g/mol. The van der Waals surface area contributed by atoms with Crippen LogP contribution in [0.2, 0.25) is 0 Å². The molecule has 0 bridgehead atoms. The standard InChI is InChI=1S/C47H50N8O4/c1-31-4-15-43(45(56)50-31)55-46(57)40-14-11-38(26-41(40)47(55)58)53-22-20-52(21-23-53)29-36-16-18-51(19-17-36)24-25-59-39-12-7-35(8-13-39)30-54-32(2)42(28-49)44(33(54)3)37-9-5-34(27-48)6-10-37/h5-14,26,36,43H,1,4,15-25,29-30H2,2-3H3,(H,50,56). The summed E-state index contributed by atoms with van der Waals surface area (Å²) in [6, 6.07) is 24.9. The van der Waals surface area contributed by atoms with E-state index in [4.69, 9.17) is 4.74 Å². The number of aromatic nitrogens is 1. The molecule has 12 heteroatoms. The minimum Gasteiger partial charge on any atom is -0.492 e. The monoisotopic (exact) mass is 790 g/mol. The minimum absolute atomic E-state index is 0.351. The van der Waals surface area contributed by atoms with E-state index in [0.29, 0.717) is 59.9 Å². The highest BCUT2D eigenvalue weighted by Crippen LogP contribution is 2.34. The third-order valence-corrected chi connectivity index (χ3v) is 12.6. The van der Waals surface area contributed by atoms with Gasteiger partial charge in [-0.1, -0.05) is 30.8 Å². The first-order chi connectivity index (χ1) is 28.6. The molecular formula is C47H50N8O4. The molecule has 0 spiro atoms. The molecule has 1 unspecified atom stereocenters. The second kappa shape index (κ2) is 16.9. The van der Waals surface area contributed by atoms with Crippen LogP contribution < -0.4 is 15.0 Å². The molecule has 4 aromatic rings. The summed E-state index contributed by atoms with van der Waals surface area (Å²) < 4.78 is 8.35. The Bertz CT molecular complexity index is 2350. The number of rotatable bonds is 11. The summed E-state index contributed by atoms with van der Waals surface area (Å²) in [7, 11) is 0. The molecule has 5 heterocycles. The van der Waals surface area contributed by atoms with Crippen LogP contribution >= 0.6 is 0 Å². The lowest BCUT2D eigenvalue weighted by Crippen LogP contribution is -2.51. The quantitative estimate of drug-likeness (QED) is 0.185. The highest BCUT2D eigenvalue weighted by molar-refractivity contribution is 6.23. The van der Waals surface area contributed by atoms with Crippen molar-refractivity contribution in [3.8, 4) is 29.0 Å². The van der Waals surface area contributed by atoms with Gasteiger partial charge in [0.15, 0.2) is 0 Å². The van der Waals surface area contributed by atoms with E-state index in [0.717, 1.165) is 110 Å². The van der Waals surface area contributed by atoms with E-state index in [1.165, 1.54) is 0 Å². The molecule has 0 saturated carbocycles. The number of piperidine rings is 2. The number of fused-ring (bicyclic) bond motifs is 1. The van der Waals surface area contributed by atoms with E-state index in [9.17, 15) is 24.9 Å². The minimum atomic E-state index is -0.805. The number of anilines is 1. The molecule has 3 aromatic carbocycles. The number of carbonyl (C=O) groups is 3. The SMILES string of the molecule is C=C1CCC(N2C(=O)c3ccc(N4CCN(CC5CCN(CCOc6ccc(Cn7c(C)c(C#N)c(-c8ccc(C#N)cc8)c7C)cc6)CC5)CC4)cc3C2=O)C(=O)N1. The lowest BCUT2D eigenvalue weighted by Gasteiger charge is -2.39. The van der Waals surface area contributed by atoms with Gasteiger partial charge in [-0.05, 0) is 112 Å². The fraction of sp³-hybridized carbons (Fsp3) is 0.383. The smallest absolute Gasteiger partial charge is 0.262 e. The summed E-state index contributed by atoms with van der Waals surface area (Å²) in [4.78, 5) is 47.6. The summed E-state index contributed by atoms with van der Waals surface area (Å²) in [6.45, 7) is 16.8. The number of ether oxygens (including phenoxy) is 1. The fourth-order valence-corrected chi connectivity index (χ4v) is 9.17. The number of carbonyl (C=O) groups excluding carboxylic acids is 3. The molecule has 8 rings (SSSR count). The van der Waals surface area contributed by atoms with E-state index in [1.807, 2.05) is 50.2 Å². The predicted octanol–water partition coefficient (Wildman–Crippen LogP) is 5.86. The maximum absolute atomic E-state index is 13.4. The Morgan fingerprint density at radius 2 is 1.51 bits per heavy atom. The summed E-state index contributed by atoms with van der Waals surface area (Å²) >= 11 is 0. The number of likely N-dealkylation sites (tertiary alicyclic amines) is 1. The largest absolute Gasteiger partial charge is 0.492 e. The second-order valence-electron chi connectivity index (χ2n) is 16.2. The summed E-state index contributed by atoms with van der Waals surface area (Å²) in [6.07, 6.45) is 3.26. The lowest BCUT2D eigenvalue weighted by atomic mass is 9.96. The second-order valence-corrected chi connectivity index (χ2v) is 16.2. The van der Waals surface area contributed by atoms with Crippen molar-refractivity contribution >= 4 is 23.4 Å². The maximum Gasteiger partial charge on any atom is 0.262 e. The van der Waals surface area contributed by atoms with Gasteiger partial charge in [-0.3, -0.25) is 29.1 Å². The number of hydrogen-bond acceptors (Lipinski definition) is 9. The van der Waals surface area contributed by atoms with Gasteiger partial charge in [0.1, 0.15) is 24.5 Å². The normalized spacial score (nSPS) is 19.1. The topological polar surface area (TPSA) is 138 Å². The van der Waals surface area contributed by atoms with Gasteiger partial charge >= 0.3 is 0 Å². The van der Waals surface area contributed by atoms with Gasteiger partial charge < -0.3 is 19.5 Å². The van der Waals surface area contributed by atoms with E-state index in [1.54, 1.807) is 18.2 Å². The van der Waals surface area contributed by atoms with Crippen LogP contribution in [0.25, 0.3) is 11.1 Å². The van der Waals surface area contributed by atoms with Crippen molar-refractivity contribution in [1.29, 1.82) is 10.5 Å². The van der Waals surface area contributed by atoms with Gasteiger partial charge in [-0.2, -0.15) is 10.5 Å². The predicted molar refractivity (Wildman–Crippen MR) is 225 cm³/mol. The van der Waals surface area contributed by atoms with Crippen molar-refractivity contribution in [3.05, 3.63) is 118 Å².